The van der Waals surface area contributed by atoms with E-state index in [-0.39, 0.29) is 0 Å². The average molecular weight is 397 g/mol. The molecule has 0 atom stereocenters. The molecule has 0 saturated carbocycles. The number of quaternary nitrogens is 1. The van der Waals surface area contributed by atoms with E-state index in [1.54, 1.807) is 12.1 Å². The van der Waals surface area contributed by atoms with Gasteiger partial charge in [-0.1, -0.05) is 17.7 Å². The highest BCUT2D eigenvalue weighted by atomic mass is 32.1. The molecule has 2 N–H and O–H groups in total. The zero-order valence-electron chi connectivity index (χ0n) is 16.3. The van der Waals surface area contributed by atoms with Gasteiger partial charge in [0.1, 0.15) is 11.6 Å². The quantitative estimate of drug-likeness (QED) is 0.663. The van der Waals surface area contributed by atoms with E-state index in [0.29, 0.717) is 5.75 Å². The Hall–Kier alpha value is -2.64. The van der Waals surface area contributed by atoms with Gasteiger partial charge in [0, 0.05) is 11.4 Å². The van der Waals surface area contributed by atoms with Gasteiger partial charge in [0.2, 0.25) is 4.77 Å². The van der Waals surface area contributed by atoms with Crippen LogP contribution in [0.2, 0.25) is 0 Å². The molecular weight excluding hydrogens is 370 g/mol. The highest BCUT2D eigenvalue weighted by Gasteiger charge is 2.22. The molecule has 2 aromatic carbocycles. The van der Waals surface area contributed by atoms with Gasteiger partial charge < -0.3 is 14.9 Å². The number of aromatic nitrogens is 3. The Morgan fingerprint density at radius 3 is 2.21 bits per heavy atom. The minimum absolute atomic E-state index is 0.307. The first-order valence-electron chi connectivity index (χ1n) is 9.62. The Kier molecular flexibility index (Phi) is 5.19. The van der Waals surface area contributed by atoms with Crippen LogP contribution < -0.4 is 9.80 Å². The van der Waals surface area contributed by atoms with Gasteiger partial charge in [0.25, 0.3) is 0 Å². The Morgan fingerprint density at radius 1 is 0.964 bits per heavy atom. The van der Waals surface area contributed by atoms with Crippen LogP contribution >= 0.6 is 12.2 Å². The van der Waals surface area contributed by atoms with Crippen LogP contribution in [-0.2, 0) is 6.67 Å². The van der Waals surface area contributed by atoms with Crippen LogP contribution in [0.5, 0.6) is 5.75 Å². The summed E-state index contributed by atoms with van der Waals surface area (Å²) in [7, 11) is 0. The Balaban J connectivity index is 1.44. The van der Waals surface area contributed by atoms with E-state index in [2.05, 4.69) is 36.1 Å². The molecule has 146 valence electrons. The second-order valence-corrected chi connectivity index (χ2v) is 7.78. The van der Waals surface area contributed by atoms with Crippen LogP contribution in [0.4, 0.5) is 5.69 Å². The van der Waals surface area contributed by atoms with Crippen molar-refractivity contribution in [3.63, 3.8) is 0 Å². The SMILES string of the molecule is Cc1ccc(-n2c(C)nn(C[NH+]3CCN(c4ccc(O)cc4)CC3)c2=S)cc1. The number of anilines is 1. The lowest BCUT2D eigenvalue weighted by Crippen LogP contribution is -3.14. The summed E-state index contributed by atoms with van der Waals surface area (Å²) in [4.78, 5) is 3.83. The van der Waals surface area contributed by atoms with Gasteiger partial charge >= 0.3 is 0 Å². The van der Waals surface area contributed by atoms with Gasteiger partial charge in [-0.3, -0.25) is 4.57 Å². The molecule has 0 aliphatic carbocycles. The van der Waals surface area contributed by atoms with E-state index in [0.717, 1.165) is 54.8 Å². The van der Waals surface area contributed by atoms with Crippen LogP contribution in [0.15, 0.2) is 48.5 Å². The molecule has 0 unspecified atom stereocenters. The van der Waals surface area contributed by atoms with Crippen LogP contribution in [0, 0.1) is 18.6 Å². The maximum Gasteiger partial charge on any atom is 0.207 e. The third kappa shape index (κ3) is 3.81. The number of nitrogens with zero attached hydrogens (tertiary/aromatic N) is 4. The summed E-state index contributed by atoms with van der Waals surface area (Å²) < 4.78 is 4.74. The van der Waals surface area contributed by atoms with Crippen molar-refractivity contribution < 1.29 is 10.0 Å². The molecule has 28 heavy (non-hydrogen) atoms. The molecule has 0 bridgehead atoms. The number of aryl methyl sites for hydroxylation is 2. The van der Waals surface area contributed by atoms with Crippen LogP contribution in [0.1, 0.15) is 11.4 Å². The Morgan fingerprint density at radius 2 is 1.57 bits per heavy atom. The molecule has 2 heterocycles. The van der Waals surface area contributed by atoms with Gasteiger partial charge in [-0.15, -0.1) is 0 Å². The number of phenolic OH excluding ortho intramolecular Hbond substituents is 1. The highest BCUT2D eigenvalue weighted by molar-refractivity contribution is 7.71. The molecule has 1 saturated heterocycles. The third-order valence-electron chi connectivity index (χ3n) is 5.35. The van der Waals surface area contributed by atoms with E-state index < -0.39 is 0 Å². The maximum atomic E-state index is 9.46. The molecule has 4 rings (SSSR count). The molecular formula is C21H26N5OS+. The van der Waals surface area contributed by atoms with Gasteiger partial charge in [0.15, 0.2) is 6.67 Å². The van der Waals surface area contributed by atoms with E-state index in [4.69, 9.17) is 17.3 Å². The van der Waals surface area contributed by atoms with E-state index >= 15 is 0 Å². The van der Waals surface area contributed by atoms with Crippen molar-refractivity contribution in [1.82, 2.24) is 14.3 Å². The first kappa shape index (κ1) is 18.7. The Bertz CT molecular complexity index is 999. The molecule has 1 aliphatic rings. The lowest BCUT2D eigenvalue weighted by atomic mass is 10.2. The average Bonchev–Trinajstić information content (AvgIpc) is 2.97. The second kappa shape index (κ2) is 7.77. The van der Waals surface area contributed by atoms with Gasteiger partial charge in [-0.05, 0) is 62.5 Å². The van der Waals surface area contributed by atoms with Crippen molar-refractivity contribution in [1.29, 1.82) is 0 Å². The summed E-state index contributed by atoms with van der Waals surface area (Å²) in [6, 6.07) is 15.8. The van der Waals surface area contributed by atoms with Gasteiger partial charge in [-0.2, -0.15) is 9.78 Å². The molecule has 7 heteroatoms. The van der Waals surface area contributed by atoms with Crippen LogP contribution in [-0.4, -0.2) is 45.6 Å². The number of phenols is 1. The zero-order chi connectivity index (χ0) is 19.7. The number of aromatic hydroxyl groups is 1. The number of benzene rings is 2. The Labute approximate surface area is 170 Å². The number of hydrogen-bond acceptors (Lipinski definition) is 4. The number of piperazine rings is 1. The van der Waals surface area contributed by atoms with Crippen molar-refractivity contribution >= 4 is 17.9 Å². The molecule has 0 amide bonds. The van der Waals surface area contributed by atoms with Crippen molar-refractivity contribution in [3.8, 4) is 11.4 Å². The van der Waals surface area contributed by atoms with Crippen molar-refractivity contribution in [3.05, 3.63) is 64.7 Å². The molecule has 1 aliphatic heterocycles. The molecule has 1 aromatic heterocycles. The lowest BCUT2D eigenvalue weighted by molar-refractivity contribution is -0.924. The number of rotatable bonds is 4. The normalized spacial score (nSPS) is 15.1. The summed E-state index contributed by atoms with van der Waals surface area (Å²) in [6.45, 7) is 8.88. The molecule has 1 fully saturated rings. The fourth-order valence-electron chi connectivity index (χ4n) is 3.72. The summed E-state index contributed by atoms with van der Waals surface area (Å²) in [5.41, 5.74) is 3.45. The fraction of sp³-hybridized carbons (Fsp3) is 0.333. The second-order valence-electron chi connectivity index (χ2n) is 7.41. The summed E-state index contributed by atoms with van der Waals surface area (Å²) in [5, 5.41) is 14.2. The van der Waals surface area contributed by atoms with Crippen LogP contribution in [0.25, 0.3) is 5.69 Å². The fourth-order valence-corrected chi connectivity index (χ4v) is 4.07. The van der Waals surface area contributed by atoms with E-state index in [1.807, 2.05) is 28.3 Å². The molecule has 0 spiro atoms. The minimum atomic E-state index is 0.307. The first-order chi connectivity index (χ1) is 13.5. The smallest absolute Gasteiger partial charge is 0.207 e. The molecule has 0 radical (unpaired) electrons. The summed E-state index contributed by atoms with van der Waals surface area (Å²) >= 11 is 5.72. The van der Waals surface area contributed by atoms with Crippen molar-refractivity contribution in [2.45, 2.75) is 20.5 Å². The van der Waals surface area contributed by atoms with Gasteiger partial charge in [-0.25, -0.2) is 0 Å². The monoisotopic (exact) mass is 396 g/mol. The van der Waals surface area contributed by atoms with E-state index in [9.17, 15) is 5.11 Å². The predicted octanol–water partition coefficient (Wildman–Crippen LogP) is 2.09. The summed E-state index contributed by atoms with van der Waals surface area (Å²) in [5.74, 6) is 1.22. The molecule has 3 aromatic rings. The third-order valence-corrected chi connectivity index (χ3v) is 5.75. The molecule has 6 nitrogen and oxygen atoms in total. The minimum Gasteiger partial charge on any atom is -0.508 e. The summed E-state index contributed by atoms with van der Waals surface area (Å²) in [6.07, 6.45) is 0. The topological polar surface area (TPSA) is 50.7 Å². The lowest BCUT2D eigenvalue weighted by Gasteiger charge is -2.33. The number of nitrogens with one attached hydrogen (secondary N) is 1. The van der Waals surface area contributed by atoms with Crippen LogP contribution in [0.3, 0.4) is 0 Å². The van der Waals surface area contributed by atoms with Crippen molar-refractivity contribution in [2.75, 3.05) is 31.1 Å². The zero-order valence-corrected chi connectivity index (χ0v) is 17.1. The van der Waals surface area contributed by atoms with E-state index in [1.165, 1.54) is 10.5 Å². The first-order valence-corrected chi connectivity index (χ1v) is 10.0. The number of hydrogen-bond donors (Lipinski definition) is 2. The highest BCUT2D eigenvalue weighted by Crippen LogP contribution is 2.18. The standard InChI is InChI=1S/C21H25N5OS/c1-16-3-5-19(6-4-16)26-17(2)22-25(21(26)28)15-23-11-13-24(14-12-23)18-7-9-20(27)10-8-18/h3-10,27H,11-15H2,1-2H3/p+1. The largest absolute Gasteiger partial charge is 0.508 e. The van der Waals surface area contributed by atoms with Gasteiger partial charge in [0.05, 0.1) is 26.2 Å². The van der Waals surface area contributed by atoms with Crippen molar-refractivity contribution in [2.24, 2.45) is 0 Å². The predicted molar refractivity (Wildman–Crippen MR) is 113 cm³/mol. The maximum absolute atomic E-state index is 9.46.